The van der Waals surface area contributed by atoms with E-state index >= 15 is 0 Å². The third-order valence-corrected chi connectivity index (χ3v) is 1.93. The Morgan fingerprint density at radius 2 is 2.38 bits per heavy atom. The highest BCUT2D eigenvalue weighted by molar-refractivity contribution is 5.00. The van der Waals surface area contributed by atoms with Crippen molar-refractivity contribution in [1.29, 1.82) is 0 Å². The van der Waals surface area contributed by atoms with Gasteiger partial charge in [0.25, 0.3) is 0 Å². The molecular weight excluding hydrogens is 170 g/mol. The standard InChI is InChI=1S/C8H15N3O2/c1-4-13-6(2)8(12)7-5-9-10-11(7)3/h5-6,8,12H,4H2,1-3H3. The summed E-state index contributed by atoms with van der Waals surface area (Å²) in [5.74, 6) is 0. The van der Waals surface area contributed by atoms with Gasteiger partial charge in [0.15, 0.2) is 0 Å². The minimum absolute atomic E-state index is 0.234. The van der Waals surface area contributed by atoms with Gasteiger partial charge in [0.05, 0.1) is 18.0 Å². The molecule has 0 aromatic carbocycles. The molecule has 0 radical (unpaired) electrons. The number of hydrogen-bond donors (Lipinski definition) is 1. The van der Waals surface area contributed by atoms with E-state index in [9.17, 15) is 5.11 Å². The number of rotatable bonds is 4. The van der Waals surface area contributed by atoms with Crippen molar-refractivity contribution in [3.63, 3.8) is 0 Å². The molecule has 0 bridgehead atoms. The van der Waals surface area contributed by atoms with Gasteiger partial charge >= 0.3 is 0 Å². The monoisotopic (exact) mass is 185 g/mol. The molecule has 1 aromatic heterocycles. The molecule has 0 spiro atoms. The minimum Gasteiger partial charge on any atom is -0.384 e. The van der Waals surface area contributed by atoms with Crippen molar-refractivity contribution in [2.24, 2.45) is 7.05 Å². The molecule has 5 nitrogen and oxygen atoms in total. The summed E-state index contributed by atoms with van der Waals surface area (Å²) in [6.07, 6.45) is 0.641. The average molecular weight is 185 g/mol. The van der Waals surface area contributed by atoms with Crippen LogP contribution in [0.5, 0.6) is 0 Å². The third-order valence-electron chi connectivity index (χ3n) is 1.93. The number of nitrogens with zero attached hydrogens (tertiary/aromatic N) is 3. The lowest BCUT2D eigenvalue weighted by atomic mass is 10.2. The number of aryl methyl sites for hydroxylation is 1. The Labute approximate surface area is 77.3 Å². The topological polar surface area (TPSA) is 60.2 Å². The summed E-state index contributed by atoms with van der Waals surface area (Å²) in [5, 5.41) is 17.2. The fourth-order valence-electron chi connectivity index (χ4n) is 1.16. The highest BCUT2D eigenvalue weighted by Gasteiger charge is 2.19. The lowest BCUT2D eigenvalue weighted by Gasteiger charge is -2.17. The van der Waals surface area contributed by atoms with Crippen LogP contribution in [0.25, 0.3) is 0 Å². The Morgan fingerprint density at radius 3 is 2.85 bits per heavy atom. The first kappa shape index (κ1) is 10.1. The normalized spacial score (nSPS) is 15.7. The maximum Gasteiger partial charge on any atom is 0.123 e. The molecule has 13 heavy (non-hydrogen) atoms. The van der Waals surface area contributed by atoms with Crippen LogP contribution in [0.3, 0.4) is 0 Å². The van der Waals surface area contributed by atoms with Crippen molar-refractivity contribution in [2.75, 3.05) is 6.61 Å². The van der Waals surface area contributed by atoms with Gasteiger partial charge in [-0.15, -0.1) is 5.10 Å². The molecule has 1 heterocycles. The quantitative estimate of drug-likeness (QED) is 0.731. The molecule has 0 saturated heterocycles. The summed E-state index contributed by atoms with van der Waals surface area (Å²) in [7, 11) is 1.74. The van der Waals surface area contributed by atoms with Crippen molar-refractivity contribution in [3.05, 3.63) is 11.9 Å². The van der Waals surface area contributed by atoms with Crippen molar-refractivity contribution < 1.29 is 9.84 Å². The van der Waals surface area contributed by atoms with Crippen LogP contribution in [0.15, 0.2) is 6.20 Å². The minimum atomic E-state index is -0.667. The molecule has 0 aliphatic rings. The Hall–Kier alpha value is -0.940. The second-order valence-corrected chi connectivity index (χ2v) is 2.89. The van der Waals surface area contributed by atoms with Crippen LogP contribution in [0.4, 0.5) is 0 Å². The number of aliphatic hydroxyl groups excluding tert-OH is 1. The summed E-state index contributed by atoms with van der Waals surface area (Å²) in [5.41, 5.74) is 0.668. The van der Waals surface area contributed by atoms with Crippen LogP contribution in [0.2, 0.25) is 0 Å². The van der Waals surface area contributed by atoms with Crippen LogP contribution in [0.1, 0.15) is 25.6 Å². The van der Waals surface area contributed by atoms with E-state index in [4.69, 9.17) is 4.74 Å². The first-order valence-corrected chi connectivity index (χ1v) is 4.31. The maximum atomic E-state index is 9.76. The van der Waals surface area contributed by atoms with Crippen molar-refractivity contribution >= 4 is 0 Å². The fraction of sp³-hybridized carbons (Fsp3) is 0.750. The van der Waals surface area contributed by atoms with Gasteiger partial charge in [0.1, 0.15) is 6.10 Å². The molecule has 2 unspecified atom stereocenters. The molecule has 5 heteroatoms. The number of hydrogen-bond acceptors (Lipinski definition) is 4. The molecular formula is C8H15N3O2. The second kappa shape index (κ2) is 4.34. The van der Waals surface area contributed by atoms with E-state index in [-0.39, 0.29) is 6.10 Å². The van der Waals surface area contributed by atoms with E-state index in [1.54, 1.807) is 17.9 Å². The van der Waals surface area contributed by atoms with Gasteiger partial charge < -0.3 is 9.84 Å². The van der Waals surface area contributed by atoms with E-state index in [1.807, 2.05) is 13.8 Å². The van der Waals surface area contributed by atoms with Gasteiger partial charge in [-0.3, -0.25) is 0 Å². The van der Waals surface area contributed by atoms with Crippen LogP contribution in [-0.2, 0) is 11.8 Å². The zero-order chi connectivity index (χ0) is 9.84. The van der Waals surface area contributed by atoms with E-state index < -0.39 is 6.10 Å². The Balaban J connectivity index is 2.67. The van der Waals surface area contributed by atoms with Crippen molar-refractivity contribution in [3.8, 4) is 0 Å². The number of ether oxygens (including phenoxy) is 1. The summed E-state index contributed by atoms with van der Waals surface area (Å²) >= 11 is 0. The van der Waals surface area contributed by atoms with E-state index in [0.717, 1.165) is 0 Å². The molecule has 2 atom stereocenters. The van der Waals surface area contributed by atoms with Gasteiger partial charge in [-0.2, -0.15) is 0 Å². The summed E-state index contributed by atoms with van der Waals surface area (Å²) in [6.45, 7) is 4.30. The average Bonchev–Trinajstić information content (AvgIpc) is 2.50. The molecule has 0 amide bonds. The zero-order valence-electron chi connectivity index (χ0n) is 8.14. The van der Waals surface area contributed by atoms with Crippen LogP contribution in [-0.4, -0.2) is 32.8 Å². The fourth-order valence-corrected chi connectivity index (χ4v) is 1.16. The highest BCUT2D eigenvalue weighted by Crippen LogP contribution is 2.16. The third kappa shape index (κ3) is 2.26. The zero-order valence-corrected chi connectivity index (χ0v) is 8.14. The van der Waals surface area contributed by atoms with Crippen molar-refractivity contribution in [1.82, 2.24) is 15.0 Å². The molecule has 0 saturated carbocycles. The molecule has 74 valence electrons. The molecule has 0 aliphatic carbocycles. The SMILES string of the molecule is CCOC(C)C(O)c1cnnn1C. The van der Waals surface area contributed by atoms with E-state index in [0.29, 0.717) is 12.3 Å². The summed E-state index contributed by atoms with van der Waals surface area (Å²) in [4.78, 5) is 0. The first-order valence-electron chi connectivity index (χ1n) is 4.31. The number of aliphatic hydroxyl groups is 1. The Morgan fingerprint density at radius 1 is 1.69 bits per heavy atom. The molecule has 1 aromatic rings. The predicted octanol–water partition coefficient (Wildman–Crippen LogP) is 0.273. The van der Waals surface area contributed by atoms with Gasteiger partial charge in [-0.1, -0.05) is 5.21 Å². The Kier molecular flexibility index (Phi) is 3.39. The molecule has 0 fully saturated rings. The lowest BCUT2D eigenvalue weighted by Crippen LogP contribution is -2.20. The van der Waals surface area contributed by atoms with Gasteiger partial charge in [-0.05, 0) is 13.8 Å². The summed E-state index contributed by atoms with van der Waals surface area (Å²) in [6, 6.07) is 0. The first-order chi connectivity index (χ1) is 6.16. The van der Waals surface area contributed by atoms with Crippen LogP contribution < -0.4 is 0 Å². The van der Waals surface area contributed by atoms with Crippen LogP contribution in [0, 0.1) is 0 Å². The smallest absolute Gasteiger partial charge is 0.123 e. The van der Waals surface area contributed by atoms with Crippen LogP contribution >= 0.6 is 0 Å². The summed E-state index contributed by atoms with van der Waals surface area (Å²) < 4.78 is 6.81. The second-order valence-electron chi connectivity index (χ2n) is 2.89. The molecule has 1 rings (SSSR count). The van der Waals surface area contributed by atoms with Gasteiger partial charge in [0.2, 0.25) is 0 Å². The van der Waals surface area contributed by atoms with Gasteiger partial charge in [0, 0.05) is 13.7 Å². The van der Waals surface area contributed by atoms with Gasteiger partial charge in [-0.25, -0.2) is 4.68 Å². The lowest BCUT2D eigenvalue weighted by molar-refractivity contribution is -0.0261. The molecule has 0 aliphatic heterocycles. The molecule has 1 N–H and O–H groups in total. The predicted molar refractivity (Wildman–Crippen MR) is 47.1 cm³/mol. The highest BCUT2D eigenvalue weighted by atomic mass is 16.5. The Bertz CT molecular complexity index is 262. The van der Waals surface area contributed by atoms with E-state index in [2.05, 4.69) is 10.3 Å². The van der Waals surface area contributed by atoms with Crippen molar-refractivity contribution in [2.45, 2.75) is 26.1 Å². The largest absolute Gasteiger partial charge is 0.384 e. The maximum absolute atomic E-state index is 9.76. The van der Waals surface area contributed by atoms with E-state index in [1.165, 1.54) is 0 Å². The number of aromatic nitrogens is 3.